The monoisotopic (exact) mass is 467 g/mol. The van der Waals surface area contributed by atoms with E-state index in [1.165, 1.54) is 0 Å². The minimum atomic E-state index is -0.354. The van der Waals surface area contributed by atoms with Crippen molar-refractivity contribution in [3.8, 4) is 17.2 Å². The van der Waals surface area contributed by atoms with E-state index >= 15 is 0 Å². The van der Waals surface area contributed by atoms with E-state index in [2.05, 4.69) is 15.6 Å². The molecule has 0 aliphatic carbocycles. The molecule has 34 heavy (non-hydrogen) atoms. The van der Waals surface area contributed by atoms with Crippen LogP contribution >= 0.6 is 12.2 Å². The lowest BCUT2D eigenvalue weighted by Gasteiger charge is -2.15. The van der Waals surface area contributed by atoms with Crippen LogP contribution in [0.1, 0.15) is 15.9 Å². The number of para-hydroxylation sites is 2. The number of nitrogens with zero attached hydrogens (tertiary/aromatic N) is 1. The molecule has 0 saturated carbocycles. The number of oxazole rings is 1. The molecule has 0 aliphatic heterocycles. The number of rotatable bonds is 4. The normalized spacial score (nSPS) is 10.9. The number of hydrogen-bond acceptors (Lipinski definition) is 5. The summed E-state index contributed by atoms with van der Waals surface area (Å²) >= 11 is 5.44. The third-order valence-corrected chi connectivity index (χ3v) is 5.85. The zero-order valence-electron chi connectivity index (χ0n) is 18.6. The van der Waals surface area contributed by atoms with Gasteiger partial charge in [-0.05, 0) is 71.9 Å². The number of benzene rings is 4. The summed E-state index contributed by atoms with van der Waals surface area (Å²) in [5.41, 5.74) is 4.41. The van der Waals surface area contributed by atoms with Gasteiger partial charge in [0.15, 0.2) is 10.7 Å². The maximum absolute atomic E-state index is 13.0. The van der Waals surface area contributed by atoms with E-state index in [0.29, 0.717) is 17.2 Å². The standard InChI is InChI=1S/C27H21N3O3S/c1-16-19(26-28-22-11-5-6-13-23(22)33-26)10-7-12-21(16)29-27(34)30-25(31)20-14-17-8-3-4-9-18(17)15-24(20)32-2/h3-15H,1-2H3,(H2,29,30,31,34). The van der Waals surface area contributed by atoms with Crippen molar-refractivity contribution in [2.24, 2.45) is 0 Å². The molecular formula is C27H21N3O3S. The molecule has 0 saturated heterocycles. The van der Waals surface area contributed by atoms with Crippen molar-refractivity contribution in [1.82, 2.24) is 10.3 Å². The highest BCUT2D eigenvalue weighted by Crippen LogP contribution is 2.30. The van der Waals surface area contributed by atoms with Gasteiger partial charge in [0.1, 0.15) is 11.3 Å². The van der Waals surface area contributed by atoms with E-state index in [1.54, 1.807) is 13.2 Å². The van der Waals surface area contributed by atoms with Gasteiger partial charge in [0, 0.05) is 11.3 Å². The highest BCUT2D eigenvalue weighted by atomic mass is 32.1. The summed E-state index contributed by atoms with van der Waals surface area (Å²) in [6.07, 6.45) is 0. The van der Waals surface area contributed by atoms with Crippen LogP contribution in [0.15, 0.2) is 83.3 Å². The maximum atomic E-state index is 13.0. The first-order valence-electron chi connectivity index (χ1n) is 10.7. The summed E-state index contributed by atoms with van der Waals surface area (Å²) in [6, 6.07) is 24.8. The van der Waals surface area contributed by atoms with Crippen molar-refractivity contribution >= 4 is 50.8 Å². The van der Waals surface area contributed by atoms with E-state index in [4.69, 9.17) is 21.4 Å². The molecule has 1 heterocycles. The first-order chi connectivity index (χ1) is 16.5. The van der Waals surface area contributed by atoms with Gasteiger partial charge in [-0.3, -0.25) is 10.1 Å². The Morgan fingerprint density at radius 3 is 2.47 bits per heavy atom. The number of methoxy groups -OCH3 is 1. The molecule has 0 fully saturated rings. The van der Waals surface area contributed by atoms with Crippen LogP contribution in [-0.2, 0) is 0 Å². The summed E-state index contributed by atoms with van der Waals surface area (Å²) < 4.78 is 11.4. The average molecular weight is 468 g/mol. The fraction of sp³-hybridized carbons (Fsp3) is 0.0741. The Hall–Kier alpha value is -4.23. The second-order valence-electron chi connectivity index (χ2n) is 7.77. The Bertz CT molecular complexity index is 1520. The van der Waals surface area contributed by atoms with Crippen molar-refractivity contribution in [2.45, 2.75) is 6.92 Å². The maximum Gasteiger partial charge on any atom is 0.261 e. The average Bonchev–Trinajstić information content (AvgIpc) is 3.28. The SMILES string of the molecule is COc1cc2ccccc2cc1C(=O)NC(=S)Nc1cccc(-c2nc3ccccc3o2)c1C. The summed E-state index contributed by atoms with van der Waals surface area (Å²) in [7, 11) is 1.54. The molecule has 0 bridgehead atoms. The number of nitrogens with one attached hydrogen (secondary N) is 2. The van der Waals surface area contributed by atoms with Crippen molar-refractivity contribution in [3.63, 3.8) is 0 Å². The van der Waals surface area contributed by atoms with Crippen LogP contribution in [0.3, 0.4) is 0 Å². The molecule has 5 rings (SSSR count). The van der Waals surface area contributed by atoms with Gasteiger partial charge in [-0.1, -0.05) is 42.5 Å². The minimum Gasteiger partial charge on any atom is -0.496 e. The molecule has 5 aromatic rings. The Labute approximate surface area is 201 Å². The quantitative estimate of drug-likeness (QED) is 0.312. The van der Waals surface area contributed by atoms with Crippen molar-refractivity contribution < 1.29 is 13.9 Å². The first kappa shape index (κ1) is 21.6. The van der Waals surface area contributed by atoms with Crippen LogP contribution in [0.25, 0.3) is 33.3 Å². The molecule has 1 aromatic heterocycles. The second-order valence-corrected chi connectivity index (χ2v) is 8.18. The Morgan fingerprint density at radius 1 is 0.971 bits per heavy atom. The van der Waals surface area contributed by atoms with Crippen LogP contribution in [0.5, 0.6) is 5.75 Å². The minimum absolute atomic E-state index is 0.179. The zero-order valence-corrected chi connectivity index (χ0v) is 19.4. The Balaban J connectivity index is 1.37. The van der Waals surface area contributed by atoms with Gasteiger partial charge in [0.25, 0.3) is 5.91 Å². The largest absolute Gasteiger partial charge is 0.496 e. The molecule has 6 nitrogen and oxygen atoms in total. The summed E-state index contributed by atoms with van der Waals surface area (Å²) in [5.74, 6) is 0.652. The number of amides is 1. The summed E-state index contributed by atoms with van der Waals surface area (Å²) in [5, 5.41) is 7.98. The number of fused-ring (bicyclic) bond motifs is 2. The fourth-order valence-corrected chi connectivity index (χ4v) is 4.08. The molecule has 168 valence electrons. The number of ether oxygens (including phenoxy) is 1. The van der Waals surface area contributed by atoms with Crippen LogP contribution in [-0.4, -0.2) is 23.1 Å². The Kier molecular flexibility index (Phi) is 5.69. The number of carbonyl (C=O) groups is 1. The van der Waals surface area contributed by atoms with Gasteiger partial charge >= 0.3 is 0 Å². The van der Waals surface area contributed by atoms with Gasteiger partial charge in [-0.15, -0.1) is 0 Å². The lowest BCUT2D eigenvalue weighted by atomic mass is 10.1. The van der Waals surface area contributed by atoms with Crippen LogP contribution in [0.4, 0.5) is 5.69 Å². The van der Waals surface area contributed by atoms with E-state index in [0.717, 1.165) is 38.7 Å². The number of hydrogen-bond donors (Lipinski definition) is 2. The number of anilines is 1. The van der Waals surface area contributed by atoms with E-state index < -0.39 is 0 Å². The van der Waals surface area contributed by atoms with Gasteiger partial charge in [-0.2, -0.15) is 0 Å². The first-order valence-corrected chi connectivity index (χ1v) is 11.1. The van der Waals surface area contributed by atoms with E-state index in [1.807, 2.05) is 79.7 Å². The second kappa shape index (κ2) is 8.96. The third-order valence-electron chi connectivity index (χ3n) is 5.65. The van der Waals surface area contributed by atoms with Gasteiger partial charge in [0.2, 0.25) is 5.89 Å². The Morgan fingerprint density at radius 2 is 1.71 bits per heavy atom. The van der Waals surface area contributed by atoms with Gasteiger partial charge < -0.3 is 14.5 Å². The number of aromatic nitrogens is 1. The smallest absolute Gasteiger partial charge is 0.261 e. The van der Waals surface area contributed by atoms with Gasteiger partial charge in [-0.25, -0.2) is 4.98 Å². The van der Waals surface area contributed by atoms with Crippen LogP contribution in [0, 0.1) is 6.92 Å². The molecule has 0 radical (unpaired) electrons. The molecule has 0 unspecified atom stereocenters. The number of thiocarbonyl (C=S) groups is 1. The molecular weight excluding hydrogens is 446 g/mol. The third kappa shape index (κ3) is 4.09. The molecule has 2 N–H and O–H groups in total. The lowest BCUT2D eigenvalue weighted by molar-refractivity contribution is 0.0975. The lowest BCUT2D eigenvalue weighted by Crippen LogP contribution is -2.34. The van der Waals surface area contributed by atoms with Crippen molar-refractivity contribution in [2.75, 3.05) is 12.4 Å². The zero-order chi connectivity index (χ0) is 23.7. The number of carbonyl (C=O) groups excluding carboxylic acids is 1. The molecule has 0 atom stereocenters. The van der Waals surface area contributed by atoms with Crippen molar-refractivity contribution in [3.05, 3.63) is 90.0 Å². The van der Waals surface area contributed by atoms with Crippen molar-refractivity contribution in [1.29, 1.82) is 0 Å². The predicted molar refractivity (Wildman–Crippen MR) is 138 cm³/mol. The summed E-state index contributed by atoms with van der Waals surface area (Å²) in [4.78, 5) is 17.6. The van der Waals surface area contributed by atoms with Gasteiger partial charge in [0.05, 0.1) is 12.7 Å². The molecule has 0 spiro atoms. The molecule has 7 heteroatoms. The highest BCUT2D eigenvalue weighted by Gasteiger charge is 2.17. The van der Waals surface area contributed by atoms with Crippen LogP contribution in [0.2, 0.25) is 0 Å². The van der Waals surface area contributed by atoms with E-state index in [-0.39, 0.29) is 11.0 Å². The predicted octanol–water partition coefficient (Wildman–Crippen LogP) is 6.09. The molecule has 0 aliphatic rings. The molecule has 4 aromatic carbocycles. The van der Waals surface area contributed by atoms with Crippen LogP contribution < -0.4 is 15.4 Å². The fourth-order valence-electron chi connectivity index (χ4n) is 3.88. The topological polar surface area (TPSA) is 76.4 Å². The summed E-state index contributed by atoms with van der Waals surface area (Å²) in [6.45, 7) is 1.95. The van der Waals surface area contributed by atoms with E-state index in [9.17, 15) is 4.79 Å². The molecule has 1 amide bonds. The highest BCUT2D eigenvalue weighted by molar-refractivity contribution is 7.80.